The number of amides is 2. The Morgan fingerprint density at radius 1 is 1.11 bits per heavy atom. The number of benzene rings is 2. The quantitative estimate of drug-likeness (QED) is 0.598. The third kappa shape index (κ3) is 5.53. The van der Waals surface area contributed by atoms with Gasteiger partial charge in [-0.1, -0.05) is 24.3 Å². The number of carbonyl (C=O) groups is 2. The van der Waals surface area contributed by atoms with E-state index < -0.39 is 22.8 Å². The van der Waals surface area contributed by atoms with Gasteiger partial charge in [0.15, 0.2) is 6.10 Å². The molecule has 2 amide bonds. The zero-order valence-corrected chi connectivity index (χ0v) is 15.3. The first-order chi connectivity index (χ1) is 12.8. The van der Waals surface area contributed by atoms with Gasteiger partial charge in [-0.2, -0.15) is 0 Å². The molecule has 0 saturated carbocycles. The van der Waals surface area contributed by atoms with Crippen molar-refractivity contribution in [3.8, 4) is 5.75 Å². The van der Waals surface area contributed by atoms with Crippen LogP contribution in [0.5, 0.6) is 5.75 Å². The SMILES string of the molecule is Cc1cccc(O[C@H](C)C(=O)NNC(=O)Cc2ccc([N+](=O)[O-])cc2)c1C. The van der Waals surface area contributed by atoms with Crippen LogP contribution in [0, 0.1) is 24.0 Å². The molecular formula is C19H21N3O5. The lowest BCUT2D eigenvalue weighted by Gasteiger charge is -2.17. The molecule has 0 saturated heterocycles. The van der Waals surface area contributed by atoms with Crippen LogP contribution >= 0.6 is 0 Å². The fourth-order valence-corrected chi connectivity index (χ4v) is 2.29. The summed E-state index contributed by atoms with van der Waals surface area (Å²) in [6.07, 6.45) is -0.824. The molecule has 0 bridgehead atoms. The second-order valence-corrected chi connectivity index (χ2v) is 6.10. The third-order valence-corrected chi connectivity index (χ3v) is 4.06. The molecule has 0 unspecified atom stereocenters. The molecule has 142 valence electrons. The van der Waals surface area contributed by atoms with E-state index >= 15 is 0 Å². The van der Waals surface area contributed by atoms with Crippen LogP contribution in [0.15, 0.2) is 42.5 Å². The molecular weight excluding hydrogens is 350 g/mol. The fourth-order valence-electron chi connectivity index (χ4n) is 2.29. The van der Waals surface area contributed by atoms with E-state index in [1.165, 1.54) is 24.3 Å². The molecule has 0 aliphatic rings. The van der Waals surface area contributed by atoms with Crippen molar-refractivity contribution in [1.29, 1.82) is 0 Å². The summed E-state index contributed by atoms with van der Waals surface area (Å²) >= 11 is 0. The number of nitro groups is 1. The molecule has 0 radical (unpaired) electrons. The Morgan fingerprint density at radius 2 is 1.78 bits per heavy atom. The highest BCUT2D eigenvalue weighted by molar-refractivity contribution is 5.85. The highest BCUT2D eigenvalue weighted by atomic mass is 16.6. The number of nitrogens with one attached hydrogen (secondary N) is 2. The summed E-state index contributed by atoms with van der Waals surface area (Å²) in [6, 6.07) is 11.2. The first kappa shape index (κ1) is 19.9. The summed E-state index contributed by atoms with van der Waals surface area (Å²) in [7, 11) is 0. The van der Waals surface area contributed by atoms with Gasteiger partial charge in [-0.3, -0.25) is 30.6 Å². The average Bonchev–Trinajstić information content (AvgIpc) is 2.63. The van der Waals surface area contributed by atoms with E-state index in [0.717, 1.165) is 11.1 Å². The largest absolute Gasteiger partial charge is 0.481 e. The van der Waals surface area contributed by atoms with Crippen molar-refractivity contribution in [3.05, 3.63) is 69.3 Å². The molecule has 2 aromatic rings. The van der Waals surface area contributed by atoms with Gasteiger partial charge in [0.05, 0.1) is 11.3 Å². The Morgan fingerprint density at radius 3 is 2.41 bits per heavy atom. The van der Waals surface area contributed by atoms with Crippen molar-refractivity contribution in [1.82, 2.24) is 10.9 Å². The van der Waals surface area contributed by atoms with E-state index in [4.69, 9.17) is 4.74 Å². The van der Waals surface area contributed by atoms with E-state index in [-0.39, 0.29) is 12.1 Å². The summed E-state index contributed by atoms with van der Waals surface area (Å²) in [4.78, 5) is 34.1. The lowest BCUT2D eigenvalue weighted by molar-refractivity contribution is -0.384. The van der Waals surface area contributed by atoms with Crippen LogP contribution in [-0.2, 0) is 16.0 Å². The number of nitrogens with zero attached hydrogens (tertiary/aromatic N) is 1. The van der Waals surface area contributed by atoms with Gasteiger partial charge in [-0.05, 0) is 43.5 Å². The number of nitro benzene ring substituents is 1. The lowest BCUT2D eigenvalue weighted by Crippen LogP contribution is -2.47. The predicted molar refractivity (Wildman–Crippen MR) is 99.1 cm³/mol. The molecule has 8 nitrogen and oxygen atoms in total. The number of aryl methyl sites for hydroxylation is 1. The Kier molecular flexibility index (Phi) is 6.48. The predicted octanol–water partition coefficient (Wildman–Crippen LogP) is 2.37. The first-order valence-corrected chi connectivity index (χ1v) is 8.33. The summed E-state index contributed by atoms with van der Waals surface area (Å²) in [5, 5.41) is 10.6. The molecule has 0 aliphatic carbocycles. The smallest absolute Gasteiger partial charge is 0.279 e. The molecule has 2 aromatic carbocycles. The Hall–Kier alpha value is -3.42. The van der Waals surface area contributed by atoms with E-state index in [9.17, 15) is 19.7 Å². The number of rotatable bonds is 6. The molecule has 0 heterocycles. The Balaban J connectivity index is 1.84. The van der Waals surface area contributed by atoms with Crippen molar-refractivity contribution in [2.24, 2.45) is 0 Å². The first-order valence-electron chi connectivity index (χ1n) is 8.33. The van der Waals surface area contributed by atoms with Gasteiger partial charge in [-0.15, -0.1) is 0 Å². The molecule has 2 rings (SSSR count). The topological polar surface area (TPSA) is 111 Å². The van der Waals surface area contributed by atoms with E-state index in [0.29, 0.717) is 11.3 Å². The molecule has 0 spiro atoms. The van der Waals surface area contributed by atoms with Gasteiger partial charge in [0.1, 0.15) is 5.75 Å². The normalized spacial score (nSPS) is 11.4. The molecule has 8 heteroatoms. The maximum atomic E-state index is 12.1. The van der Waals surface area contributed by atoms with Gasteiger partial charge in [0.2, 0.25) is 5.91 Å². The van der Waals surface area contributed by atoms with Gasteiger partial charge in [0, 0.05) is 12.1 Å². The second kappa shape index (κ2) is 8.79. The third-order valence-electron chi connectivity index (χ3n) is 4.06. The van der Waals surface area contributed by atoms with Crippen LogP contribution in [-0.4, -0.2) is 22.8 Å². The number of hydrazine groups is 1. The standard InChI is InChI=1S/C19H21N3O5/c1-12-5-4-6-17(13(12)2)27-14(3)19(24)21-20-18(23)11-15-7-9-16(10-8-15)22(25)26/h4-10,14H,11H2,1-3H3,(H,20,23)(H,21,24)/t14-/m1/s1. The Bertz CT molecular complexity index is 849. The highest BCUT2D eigenvalue weighted by Crippen LogP contribution is 2.21. The van der Waals surface area contributed by atoms with Gasteiger partial charge < -0.3 is 4.74 Å². The monoisotopic (exact) mass is 371 g/mol. The van der Waals surface area contributed by atoms with Crippen molar-refractivity contribution in [2.45, 2.75) is 33.3 Å². The van der Waals surface area contributed by atoms with E-state index in [1.807, 2.05) is 26.0 Å². The van der Waals surface area contributed by atoms with Crippen molar-refractivity contribution < 1.29 is 19.2 Å². The minimum atomic E-state index is -0.801. The number of ether oxygens (including phenoxy) is 1. The number of carbonyl (C=O) groups excluding carboxylic acids is 2. The fraction of sp³-hybridized carbons (Fsp3) is 0.263. The summed E-state index contributed by atoms with van der Waals surface area (Å²) in [6.45, 7) is 5.44. The maximum Gasteiger partial charge on any atom is 0.279 e. The maximum absolute atomic E-state index is 12.1. The zero-order valence-electron chi connectivity index (χ0n) is 15.3. The van der Waals surface area contributed by atoms with Gasteiger partial charge in [0.25, 0.3) is 11.6 Å². The zero-order chi connectivity index (χ0) is 20.0. The summed E-state index contributed by atoms with van der Waals surface area (Å²) < 4.78 is 5.65. The van der Waals surface area contributed by atoms with Crippen LogP contribution in [0.1, 0.15) is 23.6 Å². The Labute approximate surface area is 156 Å². The van der Waals surface area contributed by atoms with E-state index in [1.54, 1.807) is 13.0 Å². The summed E-state index contributed by atoms with van der Waals surface area (Å²) in [5.41, 5.74) is 7.16. The number of hydrogen-bond acceptors (Lipinski definition) is 5. The molecule has 0 aliphatic heterocycles. The molecule has 27 heavy (non-hydrogen) atoms. The lowest BCUT2D eigenvalue weighted by atomic mass is 10.1. The molecule has 1 atom stereocenters. The molecule has 0 aromatic heterocycles. The van der Waals surface area contributed by atoms with Gasteiger partial charge >= 0.3 is 0 Å². The van der Waals surface area contributed by atoms with Crippen LogP contribution in [0.3, 0.4) is 0 Å². The van der Waals surface area contributed by atoms with Gasteiger partial charge in [-0.25, -0.2) is 0 Å². The van der Waals surface area contributed by atoms with Crippen molar-refractivity contribution >= 4 is 17.5 Å². The van der Waals surface area contributed by atoms with Crippen LogP contribution in [0.4, 0.5) is 5.69 Å². The van der Waals surface area contributed by atoms with Crippen molar-refractivity contribution in [2.75, 3.05) is 0 Å². The average molecular weight is 371 g/mol. The number of hydrogen-bond donors (Lipinski definition) is 2. The van der Waals surface area contributed by atoms with Crippen LogP contribution < -0.4 is 15.6 Å². The molecule has 0 fully saturated rings. The van der Waals surface area contributed by atoms with Crippen LogP contribution in [0.2, 0.25) is 0 Å². The number of non-ortho nitro benzene ring substituents is 1. The van der Waals surface area contributed by atoms with Crippen LogP contribution in [0.25, 0.3) is 0 Å². The minimum Gasteiger partial charge on any atom is -0.481 e. The van der Waals surface area contributed by atoms with Crippen molar-refractivity contribution in [3.63, 3.8) is 0 Å². The second-order valence-electron chi connectivity index (χ2n) is 6.10. The highest BCUT2D eigenvalue weighted by Gasteiger charge is 2.17. The summed E-state index contributed by atoms with van der Waals surface area (Å²) in [5.74, 6) is -0.334. The van der Waals surface area contributed by atoms with E-state index in [2.05, 4.69) is 10.9 Å². The minimum absolute atomic E-state index is 0.0233. The molecule has 2 N–H and O–H groups in total.